The van der Waals surface area contributed by atoms with Crippen LogP contribution in [0.1, 0.15) is 45.6 Å². The number of halogens is 1. The Hall–Kier alpha value is -0.890. The quantitative estimate of drug-likeness (QED) is 0.859. The highest BCUT2D eigenvalue weighted by Gasteiger charge is 2.27. The normalized spacial score (nSPS) is 29.2. The number of nitrogens with one attached hydrogen (secondary N) is 1. The monoisotopic (exact) mass is 263 g/mol. The fraction of sp³-hybridized carbons (Fsp3) is 0.647. The van der Waals surface area contributed by atoms with Crippen molar-refractivity contribution in [3.63, 3.8) is 0 Å². The summed E-state index contributed by atoms with van der Waals surface area (Å²) in [4.78, 5) is 0. The van der Waals surface area contributed by atoms with Gasteiger partial charge in [0.25, 0.3) is 0 Å². The van der Waals surface area contributed by atoms with Crippen molar-refractivity contribution in [2.24, 2.45) is 11.8 Å². The Balaban J connectivity index is 1.88. The van der Waals surface area contributed by atoms with Gasteiger partial charge in [-0.3, -0.25) is 0 Å². The minimum atomic E-state index is -0.135. The maximum absolute atomic E-state index is 13.2. The molecule has 1 nitrogen and oxygen atoms in total. The SMILES string of the molecule is CC(Cc1cccc(F)c1)NC1CCCC(C)C1C. The van der Waals surface area contributed by atoms with Gasteiger partial charge in [-0.2, -0.15) is 0 Å². The summed E-state index contributed by atoms with van der Waals surface area (Å²) in [6.45, 7) is 6.92. The summed E-state index contributed by atoms with van der Waals surface area (Å²) in [5.74, 6) is 1.42. The first-order valence-corrected chi connectivity index (χ1v) is 7.56. The van der Waals surface area contributed by atoms with E-state index in [1.54, 1.807) is 12.1 Å². The van der Waals surface area contributed by atoms with Gasteiger partial charge in [-0.15, -0.1) is 0 Å². The van der Waals surface area contributed by atoms with Crippen LogP contribution in [-0.2, 0) is 6.42 Å². The van der Waals surface area contributed by atoms with E-state index in [4.69, 9.17) is 0 Å². The molecule has 4 atom stereocenters. The van der Waals surface area contributed by atoms with Crippen molar-refractivity contribution in [2.75, 3.05) is 0 Å². The maximum atomic E-state index is 13.2. The first kappa shape index (κ1) is 14.5. The molecule has 2 heteroatoms. The van der Waals surface area contributed by atoms with Gasteiger partial charge in [-0.25, -0.2) is 4.39 Å². The van der Waals surface area contributed by atoms with Crippen molar-refractivity contribution < 1.29 is 4.39 Å². The number of hydrogen-bond acceptors (Lipinski definition) is 1. The zero-order valence-electron chi connectivity index (χ0n) is 12.3. The van der Waals surface area contributed by atoms with Gasteiger partial charge in [0.1, 0.15) is 5.82 Å². The van der Waals surface area contributed by atoms with Crippen molar-refractivity contribution in [2.45, 2.75) is 58.5 Å². The van der Waals surface area contributed by atoms with Crippen molar-refractivity contribution in [1.29, 1.82) is 0 Å². The average Bonchev–Trinajstić information content (AvgIpc) is 2.35. The molecule has 0 bridgehead atoms. The van der Waals surface area contributed by atoms with Crippen LogP contribution in [0.15, 0.2) is 24.3 Å². The second-order valence-corrected chi connectivity index (χ2v) is 6.28. The summed E-state index contributed by atoms with van der Waals surface area (Å²) in [6.07, 6.45) is 4.86. The summed E-state index contributed by atoms with van der Waals surface area (Å²) < 4.78 is 13.2. The fourth-order valence-corrected chi connectivity index (χ4v) is 3.26. The summed E-state index contributed by atoms with van der Waals surface area (Å²) in [6, 6.07) is 7.97. The summed E-state index contributed by atoms with van der Waals surface area (Å²) in [5.41, 5.74) is 1.08. The molecule has 1 aliphatic rings. The van der Waals surface area contributed by atoms with E-state index in [-0.39, 0.29) is 5.82 Å². The Kier molecular flexibility index (Phi) is 4.98. The van der Waals surface area contributed by atoms with Gasteiger partial charge in [0.05, 0.1) is 0 Å². The molecule has 0 aromatic heterocycles. The molecule has 1 fully saturated rings. The Morgan fingerprint density at radius 1 is 1.32 bits per heavy atom. The predicted octanol–water partition coefficient (Wildman–Crippen LogP) is 4.17. The standard InChI is InChI=1S/C17H26FN/c1-12-6-4-9-17(14(12)3)19-13(2)10-15-7-5-8-16(18)11-15/h5,7-8,11-14,17,19H,4,6,9-10H2,1-3H3. The lowest BCUT2D eigenvalue weighted by molar-refractivity contribution is 0.195. The zero-order chi connectivity index (χ0) is 13.8. The molecule has 1 saturated carbocycles. The molecule has 0 spiro atoms. The lowest BCUT2D eigenvalue weighted by Crippen LogP contribution is -2.45. The molecule has 19 heavy (non-hydrogen) atoms. The van der Waals surface area contributed by atoms with Crippen LogP contribution in [0.2, 0.25) is 0 Å². The van der Waals surface area contributed by atoms with E-state index in [1.807, 2.05) is 6.07 Å². The molecule has 1 N–H and O–H groups in total. The molecule has 0 saturated heterocycles. The van der Waals surface area contributed by atoms with Gasteiger partial charge in [-0.05, 0) is 49.3 Å². The predicted molar refractivity (Wildman–Crippen MR) is 78.7 cm³/mol. The molecule has 1 aliphatic carbocycles. The summed E-state index contributed by atoms with van der Waals surface area (Å²) >= 11 is 0. The molecular formula is C17H26FN. The van der Waals surface area contributed by atoms with E-state index < -0.39 is 0 Å². The van der Waals surface area contributed by atoms with Gasteiger partial charge in [0.2, 0.25) is 0 Å². The highest BCUT2D eigenvalue weighted by atomic mass is 19.1. The highest BCUT2D eigenvalue weighted by molar-refractivity contribution is 5.17. The van der Waals surface area contributed by atoms with Crippen LogP contribution in [0.5, 0.6) is 0 Å². The van der Waals surface area contributed by atoms with Crippen LogP contribution in [0.25, 0.3) is 0 Å². The van der Waals surface area contributed by atoms with E-state index in [0.29, 0.717) is 12.1 Å². The van der Waals surface area contributed by atoms with Gasteiger partial charge in [0, 0.05) is 12.1 Å². The van der Waals surface area contributed by atoms with Crippen molar-refractivity contribution in [3.8, 4) is 0 Å². The molecule has 0 amide bonds. The molecule has 1 aromatic rings. The van der Waals surface area contributed by atoms with E-state index >= 15 is 0 Å². The van der Waals surface area contributed by atoms with Gasteiger partial charge in [0.15, 0.2) is 0 Å². The Bertz CT molecular complexity index is 404. The third-order valence-corrected chi connectivity index (χ3v) is 4.64. The second kappa shape index (κ2) is 6.51. The maximum Gasteiger partial charge on any atom is 0.123 e. The topological polar surface area (TPSA) is 12.0 Å². The molecule has 1 aromatic carbocycles. The molecule has 4 unspecified atom stereocenters. The average molecular weight is 263 g/mol. The number of hydrogen-bond donors (Lipinski definition) is 1. The van der Waals surface area contributed by atoms with Crippen LogP contribution in [0.3, 0.4) is 0 Å². The van der Waals surface area contributed by atoms with Crippen LogP contribution in [-0.4, -0.2) is 12.1 Å². The zero-order valence-corrected chi connectivity index (χ0v) is 12.3. The van der Waals surface area contributed by atoms with E-state index in [9.17, 15) is 4.39 Å². The Morgan fingerprint density at radius 3 is 2.84 bits per heavy atom. The molecular weight excluding hydrogens is 237 g/mol. The smallest absolute Gasteiger partial charge is 0.123 e. The third-order valence-electron chi connectivity index (χ3n) is 4.64. The summed E-state index contributed by atoms with van der Waals surface area (Å²) in [7, 11) is 0. The van der Waals surface area contributed by atoms with E-state index in [2.05, 4.69) is 26.1 Å². The first-order valence-electron chi connectivity index (χ1n) is 7.56. The van der Waals surface area contributed by atoms with E-state index in [1.165, 1.54) is 25.3 Å². The van der Waals surface area contributed by atoms with Crippen LogP contribution < -0.4 is 5.32 Å². The minimum Gasteiger partial charge on any atom is -0.311 e. The number of benzene rings is 1. The molecule has 0 aliphatic heterocycles. The van der Waals surface area contributed by atoms with Crippen LogP contribution in [0, 0.1) is 17.7 Å². The van der Waals surface area contributed by atoms with E-state index in [0.717, 1.165) is 23.8 Å². The van der Waals surface area contributed by atoms with Gasteiger partial charge >= 0.3 is 0 Å². The largest absolute Gasteiger partial charge is 0.311 e. The van der Waals surface area contributed by atoms with Crippen LogP contribution in [0.4, 0.5) is 4.39 Å². The lowest BCUT2D eigenvalue weighted by atomic mass is 9.77. The molecule has 0 heterocycles. The van der Waals surface area contributed by atoms with Gasteiger partial charge in [-0.1, -0.05) is 38.8 Å². The van der Waals surface area contributed by atoms with Crippen LogP contribution >= 0.6 is 0 Å². The Labute approximate surface area is 116 Å². The number of rotatable bonds is 4. The molecule has 106 valence electrons. The third kappa shape index (κ3) is 4.04. The minimum absolute atomic E-state index is 0.135. The summed E-state index contributed by atoms with van der Waals surface area (Å²) in [5, 5.41) is 3.74. The second-order valence-electron chi connectivity index (χ2n) is 6.28. The molecule has 0 radical (unpaired) electrons. The highest BCUT2D eigenvalue weighted by Crippen LogP contribution is 2.29. The fourth-order valence-electron chi connectivity index (χ4n) is 3.26. The Morgan fingerprint density at radius 2 is 2.11 bits per heavy atom. The lowest BCUT2D eigenvalue weighted by Gasteiger charge is -2.36. The molecule has 2 rings (SSSR count). The van der Waals surface area contributed by atoms with Crippen molar-refractivity contribution in [3.05, 3.63) is 35.6 Å². The van der Waals surface area contributed by atoms with Gasteiger partial charge < -0.3 is 5.32 Å². The van der Waals surface area contributed by atoms with Crippen molar-refractivity contribution in [1.82, 2.24) is 5.32 Å². The van der Waals surface area contributed by atoms with Crippen molar-refractivity contribution >= 4 is 0 Å². The first-order chi connectivity index (χ1) is 9.06.